The lowest BCUT2D eigenvalue weighted by atomic mass is 10.1. The summed E-state index contributed by atoms with van der Waals surface area (Å²) in [6, 6.07) is 10.5. The van der Waals surface area contributed by atoms with Crippen LogP contribution in [0.2, 0.25) is 0 Å². The molecule has 0 spiro atoms. The summed E-state index contributed by atoms with van der Waals surface area (Å²) in [5.74, 6) is -0.446. The van der Waals surface area contributed by atoms with Crippen molar-refractivity contribution >= 4 is 38.5 Å². The number of rotatable bonds is 7. The van der Waals surface area contributed by atoms with E-state index in [2.05, 4.69) is 21.8 Å². The van der Waals surface area contributed by atoms with Crippen molar-refractivity contribution < 1.29 is 13.6 Å². The number of piperidine rings is 1. The number of alkyl halides is 1. The van der Waals surface area contributed by atoms with Crippen LogP contribution in [-0.4, -0.2) is 52.5 Å². The fourth-order valence-electron chi connectivity index (χ4n) is 4.37. The van der Waals surface area contributed by atoms with Gasteiger partial charge in [0, 0.05) is 37.0 Å². The number of nitrogens with one attached hydrogen (secondary N) is 1. The third-order valence-corrected chi connectivity index (χ3v) is 7.33. The zero-order chi connectivity index (χ0) is 23.7. The second-order valence-corrected chi connectivity index (χ2v) is 9.64. The number of halogens is 2. The van der Waals surface area contributed by atoms with E-state index in [0.29, 0.717) is 36.2 Å². The predicted molar refractivity (Wildman–Crippen MR) is 134 cm³/mol. The van der Waals surface area contributed by atoms with Crippen molar-refractivity contribution in [3.8, 4) is 11.3 Å². The number of fused-ring (bicyclic) bond motifs is 3. The fourth-order valence-corrected chi connectivity index (χ4v) is 5.42. The summed E-state index contributed by atoms with van der Waals surface area (Å²) in [5, 5.41) is 2.98. The second kappa shape index (κ2) is 9.64. The minimum absolute atomic E-state index is 0.111. The molecular weight excluding hydrogens is 454 g/mol. The molecule has 3 heterocycles. The highest BCUT2D eigenvalue weighted by Gasteiger charge is 2.18. The zero-order valence-corrected chi connectivity index (χ0v) is 19.6. The maximum absolute atomic E-state index is 14.5. The summed E-state index contributed by atoms with van der Waals surface area (Å²) in [7, 11) is 0. The monoisotopic (exact) mass is 480 g/mol. The quantitative estimate of drug-likeness (QED) is 0.353. The maximum atomic E-state index is 14.5. The summed E-state index contributed by atoms with van der Waals surface area (Å²) in [6.07, 6.45) is 4.82. The lowest BCUT2D eigenvalue weighted by molar-refractivity contribution is 0.0950. The van der Waals surface area contributed by atoms with Gasteiger partial charge in [-0.25, -0.2) is 13.8 Å². The van der Waals surface area contributed by atoms with Crippen molar-refractivity contribution in [1.82, 2.24) is 19.6 Å². The Labute approximate surface area is 200 Å². The molecule has 0 radical (unpaired) electrons. The van der Waals surface area contributed by atoms with Crippen LogP contribution in [0.1, 0.15) is 35.2 Å². The first-order valence-corrected chi connectivity index (χ1v) is 12.3. The SMILES string of the molecule is C=Cc1ccc(-c2cn3c(n2)sc2cc(C(=O)NCCCN4CCC(F)CC4)ccc23)c(F)c1. The Hall–Kier alpha value is -3.10. The molecule has 176 valence electrons. The number of aromatic nitrogens is 2. The first kappa shape index (κ1) is 22.7. The predicted octanol–water partition coefficient (Wildman–Crippen LogP) is 5.55. The van der Waals surface area contributed by atoms with Crippen LogP contribution in [0.25, 0.3) is 32.5 Å². The number of hydrogen-bond donors (Lipinski definition) is 1. The van der Waals surface area contributed by atoms with Crippen LogP contribution in [0.4, 0.5) is 8.78 Å². The van der Waals surface area contributed by atoms with Crippen molar-refractivity contribution in [2.75, 3.05) is 26.2 Å². The molecule has 2 aromatic heterocycles. The van der Waals surface area contributed by atoms with Gasteiger partial charge < -0.3 is 10.2 Å². The van der Waals surface area contributed by atoms with Crippen LogP contribution < -0.4 is 5.32 Å². The van der Waals surface area contributed by atoms with Crippen molar-refractivity contribution in [3.63, 3.8) is 0 Å². The average molecular weight is 481 g/mol. The number of thiazole rings is 1. The van der Waals surface area contributed by atoms with Crippen LogP contribution in [0.5, 0.6) is 0 Å². The molecule has 1 amide bonds. The van der Waals surface area contributed by atoms with Gasteiger partial charge in [-0.1, -0.05) is 30.1 Å². The minimum atomic E-state index is -0.664. The Balaban J connectivity index is 1.25. The van der Waals surface area contributed by atoms with E-state index in [1.54, 1.807) is 18.2 Å². The van der Waals surface area contributed by atoms with E-state index in [9.17, 15) is 13.6 Å². The summed E-state index contributed by atoms with van der Waals surface area (Å²) in [6.45, 7) is 6.71. The number of amides is 1. The lowest BCUT2D eigenvalue weighted by Crippen LogP contribution is -2.36. The molecule has 34 heavy (non-hydrogen) atoms. The molecule has 0 unspecified atom stereocenters. The van der Waals surface area contributed by atoms with E-state index in [1.807, 2.05) is 28.8 Å². The van der Waals surface area contributed by atoms with Gasteiger partial charge in [-0.05, 0) is 61.7 Å². The third-order valence-electron chi connectivity index (χ3n) is 6.31. The molecule has 5 nitrogen and oxygen atoms in total. The maximum Gasteiger partial charge on any atom is 0.251 e. The molecule has 1 aliphatic heterocycles. The molecule has 1 aliphatic rings. The Morgan fingerprint density at radius 1 is 1.24 bits per heavy atom. The number of imidazole rings is 1. The summed E-state index contributed by atoms with van der Waals surface area (Å²) in [4.78, 5) is 20.2. The Bertz CT molecular complexity index is 1350. The third kappa shape index (κ3) is 4.60. The number of nitrogens with zero attached hydrogens (tertiary/aromatic N) is 3. The van der Waals surface area contributed by atoms with E-state index in [-0.39, 0.29) is 11.7 Å². The molecular formula is C26H26F2N4OS. The van der Waals surface area contributed by atoms with Crippen LogP contribution in [0.15, 0.2) is 49.2 Å². The molecule has 0 atom stereocenters. The van der Waals surface area contributed by atoms with Crippen molar-refractivity contribution in [3.05, 3.63) is 66.1 Å². The van der Waals surface area contributed by atoms with Gasteiger partial charge in [0.15, 0.2) is 4.96 Å². The van der Waals surface area contributed by atoms with Gasteiger partial charge in [0.05, 0.1) is 15.9 Å². The normalized spacial score (nSPS) is 15.2. The Morgan fingerprint density at radius 3 is 2.82 bits per heavy atom. The molecule has 0 bridgehead atoms. The molecule has 0 aliphatic carbocycles. The van der Waals surface area contributed by atoms with Crippen molar-refractivity contribution in [2.45, 2.75) is 25.4 Å². The van der Waals surface area contributed by atoms with E-state index in [0.717, 1.165) is 46.8 Å². The van der Waals surface area contributed by atoms with Crippen LogP contribution >= 0.6 is 11.3 Å². The van der Waals surface area contributed by atoms with Gasteiger partial charge in [-0.2, -0.15) is 0 Å². The van der Waals surface area contributed by atoms with Gasteiger partial charge in [-0.3, -0.25) is 9.20 Å². The molecule has 2 aromatic carbocycles. The number of benzene rings is 2. The van der Waals surface area contributed by atoms with Crippen molar-refractivity contribution in [1.29, 1.82) is 0 Å². The molecule has 5 rings (SSSR count). The molecule has 1 saturated heterocycles. The van der Waals surface area contributed by atoms with Gasteiger partial charge in [0.2, 0.25) is 0 Å². The van der Waals surface area contributed by atoms with Gasteiger partial charge >= 0.3 is 0 Å². The van der Waals surface area contributed by atoms with Crippen LogP contribution in [0.3, 0.4) is 0 Å². The average Bonchev–Trinajstić information content (AvgIpc) is 3.40. The van der Waals surface area contributed by atoms with E-state index < -0.39 is 6.17 Å². The topological polar surface area (TPSA) is 49.6 Å². The highest BCUT2D eigenvalue weighted by molar-refractivity contribution is 7.23. The Morgan fingerprint density at radius 2 is 2.06 bits per heavy atom. The van der Waals surface area contributed by atoms with Gasteiger partial charge in [-0.15, -0.1) is 0 Å². The standard InChI is InChI=1S/C26H26F2N4OS/c1-2-17-4-6-20(21(28)14-17)22-16-32-23-7-5-18(15-24(23)34-26(32)30-22)25(33)29-10-3-11-31-12-8-19(27)9-13-31/h2,4-7,14-16,19H,1,3,8-13H2,(H,29,33). The van der Waals surface area contributed by atoms with Gasteiger partial charge in [0.25, 0.3) is 5.91 Å². The summed E-state index contributed by atoms with van der Waals surface area (Å²) >= 11 is 1.47. The number of carbonyl (C=O) groups excluding carboxylic acids is 1. The second-order valence-electron chi connectivity index (χ2n) is 8.63. The number of likely N-dealkylation sites (tertiary alicyclic amines) is 1. The highest BCUT2D eigenvalue weighted by Crippen LogP contribution is 2.31. The largest absolute Gasteiger partial charge is 0.352 e. The molecule has 0 saturated carbocycles. The fraction of sp³-hybridized carbons (Fsp3) is 0.308. The van der Waals surface area contributed by atoms with E-state index in [4.69, 9.17) is 0 Å². The zero-order valence-electron chi connectivity index (χ0n) is 18.8. The number of carbonyl (C=O) groups is 1. The van der Waals surface area contributed by atoms with Gasteiger partial charge in [0.1, 0.15) is 12.0 Å². The summed E-state index contributed by atoms with van der Waals surface area (Å²) in [5.41, 5.74) is 3.26. The molecule has 1 N–H and O–H groups in total. The highest BCUT2D eigenvalue weighted by atomic mass is 32.1. The first-order valence-electron chi connectivity index (χ1n) is 11.5. The van der Waals surface area contributed by atoms with Crippen molar-refractivity contribution in [2.24, 2.45) is 0 Å². The smallest absolute Gasteiger partial charge is 0.251 e. The lowest BCUT2D eigenvalue weighted by Gasteiger charge is -2.28. The van der Waals surface area contributed by atoms with Crippen LogP contribution in [0, 0.1) is 5.82 Å². The van der Waals surface area contributed by atoms with E-state index >= 15 is 0 Å². The summed E-state index contributed by atoms with van der Waals surface area (Å²) < 4.78 is 30.6. The van der Waals surface area contributed by atoms with E-state index in [1.165, 1.54) is 17.4 Å². The first-order chi connectivity index (χ1) is 16.5. The van der Waals surface area contributed by atoms with Crippen LogP contribution in [-0.2, 0) is 0 Å². The molecule has 8 heteroatoms. The Kier molecular flexibility index (Phi) is 6.43. The minimum Gasteiger partial charge on any atom is -0.352 e. The number of hydrogen-bond acceptors (Lipinski definition) is 4. The molecule has 4 aromatic rings. The molecule has 1 fully saturated rings.